The molecule has 136 valence electrons. The molecule has 1 aromatic carbocycles. The normalized spacial score (nSPS) is 10.4. The van der Waals surface area contributed by atoms with E-state index in [2.05, 4.69) is 21.2 Å². The van der Waals surface area contributed by atoms with Crippen molar-refractivity contribution < 1.29 is 29.0 Å². The van der Waals surface area contributed by atoms with E-state index in [9.17, 15) is 19.5 Å². The van der Waals surface area contributed by atoms with Crippen molar-refractivity contribution in [2.45, 2.75) is 13.3 Å². The van der Waals surface area contributed by atoms with Crippen LogP contribution in [-0.4, -0.2) is 43.3 Å². The van der Waals surface area contributed by atoms with E-state index in [1.165, 1.54) is 19.3 Å². The largest absolute Gasteiger partial charge is 0.503 e. The Morgan fingerprint density at radius 3 is 2.68 bits per heavy atom. The molecule has 0 radical (unpaired) electrons. The van der Waals surface area contributed by atoms with Crippen LogP contribution in [0.3, 0.4) is 0 Å². The molecule has 3 N–H and O–H groups in total. The van der Waals surface area contributed by atoms with Gasteiger partial charge in [0.1, 0.15) is 0 Å². The molecule has 0 aliphatic carbocycles. The molecule has 9 heteroatoms. The van der Waals surface area contributed by atoms with Crippen LogP contribution in [0, 0.1) is 0 Å². The van der Waals surface area contributed by atoms with Crippen LogP contribution in [0.4, 0.5) is 4.79 Å². The maximum Gasteiger partial charge on any atom is 0.331 e. The third-order valence-electron chi connectivity index (χ3n) is 2.82. The van der Waals surface area contributed by atoms with Gasteiger partial charge < -0.3 is 19.9 Å². The zero-order valence-electron chi connectivity index (χ0n) is 13.8. The Kier molecular flexibility index (Phi) is 8.48. The van der Waals surface area contributed by atoms with E-state index in [1.807, 2.05) is 12.2 Å². The number of aromatic hydroxyl groups is 1. The fourth-order valence-corrected chi connectivity index (χ4v) is 2.10. The molecule has 0 heterocycles. The average Bonchev–Trinajstić information content (AvgIpc) is 2.58. The van der Waals surface area contributed by atoms with Gasteiger partial charge in [-0.05, 0) is 46.1 Å². The van der Waals surface area contributed by atoms with Crippen LogP contribution in [0.25, 0.3) is 6.08 Å². The second-order valence-corrected chi connectivity index (χ2v) is 5.65. The first-order chi connectivity index (χ1) is 11.9. The Morgan fingerprint density at radius 1 is 1.32 bits per heavy atom. The van der Waals surface area contributed by atoms with Crippen LogP contribution < -0.4 is 15.4 Å². The number of hydrogen-bond donors (Lipinski definition) is 3. The monoisotopic (exact) mass is 414 g/mol. The molecule has 3 amide bonds. The number of phenolic OH excluding ortho intramolecular Hbond substituents is 1. The number of urea groups is 1. The molecule has 25 heavy (non-hydrogen) atoms. The van der Waals surface area contributed by atoms with Crippen molar-refractivity contribution in [2.75, 3.05) is 20.3 Å². The highest BCUT2D eigenvalue weighted by molar-refractivity contribution is 9.10. The van der Waals surface area contributed by atoms with E-state index in [0.29, 0.717) is 16.6 Å². The van der Waals surface area contributed by atoms with Gasteiger partial charge in [-0.1, -0.05) is 6.92 Å². The summed E-state index contributed by atoms with van der Waals surface area (Å²) in [6.07, 6.45) is 3.28. The Labute approximate surface area is 153 Å². The van der Waals surface area contributed by atoms with E-state index in [-0.39, 0.29) is 11.5 Å². The molecule has 0 bridgehead atoms. The van der Waals surface area contributed by atoms with Gasteiger partial charge in [-0.2, -0.15) is 0 Å². The number of hydrogen-bond acceptors (Lipinski definition) is 6. The SMILES string of the molecule is CCCNC(=O)NC(=O)COC(=O)/C=C/c1cc(Br)c(O)c(OC)c1. The Hall–Kier alpha value is -2.55. The van der Waals surface area contributed by atoms with Crippen molar-refractivity contribution in [2.24, 2.45) is 0 Å². The highest BCUT2D eigenvalue weighted by atomic mass is 79.9. The minimum Gasteiger partial charge on any atom is -0.503 e. The van der Waals surface area contributed by atoms with E-state index < -0.39 is 24.5 Å². The number of carbonyl (C=O) groups is 3. The lowest BCUT2D eigenvalue weighted by molar-refractivity contribution is -0.143. The third kappa shape index (κ3) is 7.25. The molecular formula is C16H19BrN2O6. The summed E-state index contributed by atoms with van der Waals surface area (Å²) >= 11 is 3.16. The van der Waals surface area contributed by atoms with Crippen LogP contribution in [0.5, 0.6) is 11.5 Å². The topological polar surface area (TPSA) is 114 Å². The molecule has 0 fully saturated rings. The van der Waals surface area contributed by atoms with E-state index >= 15 is 0 Å². The maximum atomic E-state index is 11.6. The zero-order valence-corrected chi connectivity index (χ0v) is 15.4. The van der Waals surface area contributed by atoms with E-state index in [1.54, 1.807) is 6.07 Å². The van der Waals surface area contributed by atoms with Gasteiger partial charge in [0.25, 0.3) is 5.91 Å². The number of amides is 3. The summed E-state index contributed by atoms with van der Waals surface area (Å²) < 4.78 is 10.1. The van der Waals surface area contributed by atoms with Gasteiger partial charge in [0, 0.05) is 12.6 Å². The summed E-state index contributed by atoms with van der Waals surface area (Å²) in [6.45, 7) is 1.73. The van der Waals surface area contributed by atoms with Crippen LogP contribution in [0.15, 0.2) is 22.7 Å². The molecule has 1 aromatic rings. The van der Waals surface area contributed by atoms with Crippen LogP contribution in [0.2, 0.25) is 0 Å². The number of imide groups is 1. The lowest BCUT2D eigenvalue weighted by Gasteiger charge is -2.07. The summed E-state index contributed by atoms with van der Waals surface area (Å²) in [5, 5.41) is 14.2. The van der Waals surface area contributed by atoms with Gasteiger partial charge in [-0.15, -0.1) is 0 Å². The summed E-state index contributed by atoms with van der Waals surface area (Å²) in [5.41, 5.74) is 0.571. The van der Waals surface area contributed by atoms with E-state index in [0.717, 1.165) is 12.5 Å². The molecule has 0 saturated carbocycles. The van der Waals surface area contributed by atoms with Crippen molar-refractivity contribution >= 4 is 39.9 Å². The molecule has 0 atom stereocenters. The average molecular weight is 415 g/mol. The fraction of sp³-hybridized carbons (Fsp3) is 0.312. The number of ether oxygens (including phenoxy) is 2. The van der Waals surface area contributed by atoms with Crippen molar-refractivity contribution in [1.29, 1.82) is 0 Å². The summed E-state index contributed by atoms with van der Waals surface area (Å²) in [7, 11) is 1.40. The van der Waals surface area contributed by atoms with Gasteiger partial charge in [-0.25, -0.2) is 9.59 Å². The molecule has 8 nitrogen and oxygen atoms in total. The Bertz CT molecular complexity index is 675. The number of carbonyl (C=O) groups excluding carboxylic acids is 3. The minimum absolute atomic E-state index is 0.0553. The summed E-state index contributed by atoms with van der Waals surface area (Å²) in [4.78, 5) is 34.3. The summed E-state index contributed by atoms with van der Waals surface area (Å²) in [5.74, 6) is -1.31. The number of nitrogens with one attached hydrogen (secondary N) is 2. The number of methoxy groups -OCH3 is 1. The number of benzene rings is 1. The molecule has 0 aliphatic heterocycles. The first-order valence-corrected chi connectivity index (χ1v) is 8.15. The van der Waals surface area contributed by atoms with Crippen LogP contribution in [-0.2, 0) is 14.3 Å². The quantitative estimate of drug-likeness (QED) is 0.464. The Balaban J connectivity index is 2.51. The highest BCUT2D eigenvalue weighted by Gasteiger charge is 2.10. The standard InChI is InChI=1S/C16H19BrN2O6/c1-3-6-18-16(23)19-13(20)9-25-14(21)5-4-10-7-11(17)15(22)12(8-10)24-2/h4-5,7-8,22H,3,6,9H2,1-2H3,(H2,18,19,20,23)/b5-4+. The predicted molar refractivity (Wildman–Crippen MR) is 94.2 cm³/mol. The summed E-state index contributed by atoms with van der Waals surface area (Å²) in [6, 6.07) is 2.46. The molecular weight excluding hydrogens is 396 g/mol. The minimum atomic E-state index is -0.757. The molecule has 0 aromatic heterocycles. The zero-order chi connectivity index (χ0) is 18.8. The lowest BCUT2D eigenvalue weighted by atomic mass is 10.2. The number of rotatable bonds is 7. The van der Waals surface area contributed by atoms with Crippen LogP contribution in [0.1, 0.15) is 18.9 Å². The van der Waals surface area contributed by atoms with Gasteiger partial charge in [0.05, 0.1) is 11.6 Å². The molecule has 0 unspecified atom stereocenters. The van der Waals surface area contributed by atoms with Gasteiger partial charge in [-0.3, -0.25) is 10.1 Å². The van der Waals surface area contributed by atoms with Gasteiger partial charge >= 0.3 is 12.0 Å². The molecule has 0 saturated heterocycles. The second kappa shape index (κ2) is 10.3. The number of halogens is 1. The predicted octanol–water partition coefficient (Wildman–Crippen LogP) is 1.96. The third-order valence-corrected chi connectivity index (χ3v) is 3.42. The number of phenols is 1. The first-order valence-electron chi connectivity index (χ1n) is 7.36. The maximum absolute atomic E-state index is 11.6. The smallest absolute Gasteiger partial charge is 0.331 e. The van der Waals surface area contributed by atoms with Crippen molar-refractivity contribution in [1.82, 2.24) is 10.6 Å². The van der Waals surface area contributed by atoms with Crippen molar-refractivity contribution in [3.05, 3.63) is 28.2 Å². The van der Waals surface area contributed by atoms with Gasteiger partial charge in [0.15, 0.2) is 18.1 Å². The lowest BCUT2D eigenvalue weighted by Crippen LogP contribution is -2.41. The first kappa shape index (κ1) is 20.5. The molecule has 0 aliphatic rings. The molecule has 0 spiro atoms. The highest BCUT2D eigenvalue weighted by Crippen LogP contribution is 2.35. The van der Waals surface area contributed by atoms with Crippen molar-refractivity contribution in [3.63, 3.8) is 0 Å². The fourth-order valence-electron chi connectivity index (χ4n) is 1.64. The Morgan fingerprint density at radius 2 is 2.04 bits per heavy atom. The van der Waals surface area contributed by atoms with Crippen LogP contribution >= 0.6 is 15.9 Å². The second-order valence-electron chi connectivity index (χ2n) is 4.80. The van der Waals surface area contributed by atoms with E-state index in [4.69, 9.17) is 9.47 Å². The van der Waals surface area contributed by atoms with Gasteiger partial charge in [0.2, 0.25) is 0 Å². The van der Waals surface area contributed by atoms with Crippen molar-refractivity contribution in [3.8, 4) is 11.5 Å². The number of esters is 1. The molecule has 1 rings (SSSR count).